The van der Waals surface area contributed by atoms with Crippen LogP contribution in [0.3, 0.4) is 0 Å². The highest BCUT2D eigenvalue weighted by Gasteiger charge is 2.07. The summed E-state index contributed by atoms with van der Waals surface area (Å²) in [6.07, 6.45) is 1.91. The standard InChI is InChI=1S/C17H19N3/c1-12-7-16-17(8-13(12)2)20(11-19-16)10-15-6-4-3-5-14(15)9-18/h3-8,11H,9-10,18H2,1-2H3. The molecule has 0 atom stereocenters. The van der Waals surface area contributed by atoms with Gasteiger partial charge in [-0.05, 0) is 48.2 Å². The molecule has 3 nitrogen and oxygen atoms in total. The van der Waals surface area contributed by atoms with E-state index in [-0.39, 0.29) is 0 Å². The van der Waals surface area contributed by atoms with Crippen molar-refractivity contribution in [3.8, 4) is 0 Å². The molecule has 0 amide bonds. The smallest absolute Gasteiger partial charge is 0.0961 e. The van der Waals surface area contributed by atoms with Crippen LogP contribution in [0.25, 0.3) is 11.0 Å². The van der Waals surface area contributed by atoms with Crippen LogP contribution < -0.4 is 5.73 Å². The largest absolute Gasteiger partial charge is 0.326 e. The molecule has 0 unspecified atom stereocenters. The van der Waals surface area contributed by atoms with Gasteiger partial charge in [0.25, 0.3) is 0 Å². The summed E-state index contributed by atoms with van der Waals surface area (Å²) >= 11 is 0. The van der Waals surface area contributed by atoms with Gasteiger partial charge in [0.2, 0.25) is 0 Å². The summed E-state index contributed by atoms with van der Waals surface area (Å²) in [7, 11) is 0. The van der Waals surface area contributed by atoms with E-state index in [9.17, 15) is 0 Å². The van der Waals surface area contributed by atoms with Gasteiger partial charge >= 0.3 is 0 Å². The summed E-state index contributed by atoms with van der Waals surface area (Å²) in [5, 5.41) is 0. The van der Waals surface area contributed by atoms with Crippen molar-refractivity contribution in [3.63, 3.8) is 0 Å². The predicted molar refractivity (Wildman–Crippen MR) is 82.6 cm³/mol. The van der Waals surface area contributed by atoms with Gasteiger partial charge in [-0.3, -0.25) is 0 Å². The molecule has 1 aromatic heterocycles. The first-order valence-corrected chi connectivity index (χ1v) is 6.88. The number of nitrogens with zero attached hydrogens (tertiary/aromatic N) is 2. The van der Waals surface area contributed by atoms with E-state index < -0.39 is 0 Å². The van der Waals surface area contributed by atoms with Crippen LogP contribution in [0.5, 0.6) is 0 Å². The minimum atomic E-state index is 0.570. The topological polar surface area (TPSA) is 43.8 Å². The molecule has 3 heteroatoms. The van der Waals surface area contributed by atoms with E-state index in [4.69, 9.17) is 5.73 Å². The second kappa shape index (κ2) is 5.10. The lowest BCUT2D eigenvalue weighted by atomic mass is 10.1. The fourth-order valence-corrected chi connectivity index (χ4v) is 2.53. The van der Waals surface area contributed by atoms with Crippen molar-refractivity contribution in [1.29, 1.82) is 0 Å². The average molecular weight is 265 g/mol. The molecule has 3 aromatic rings. The SMILES string of the molecule is Cc1cc2ncn(Cc3ccccc3CN)c2cc1C. The van der Waals surface area contributed by atoms with Crippen LogP contribution >= 0.6 is 0 Å². The summed E-state index contributed by atoms with van der Waals surface area (Å²) in [6, 6.07) is 12.7. The number of aromatic nitrogens is 2. The predicted octanol–water partition coefficient (Wildman–Crippen LogP) is 3.16. The Balaban J connectivity index is 2.05. The molecule has 102 valence electrons. The zero-order valence-electron chi connectivity index (χ0n) is 11.9. The number of benzene rings is 2. The molecule has 0 aliphatic carbocycles. The first-order chi connectivity index (χ1) is 9.69. The van der Waals surface area contributed by atoms with Gasteiger partial charge in [0.15, 0.2) is 0 Å². The summed E-state index contributed by atoms with van der Waals surface area (Å²) in [4.78, 5) is 4.50. The van der Waals surface area contributed by atoms with Crippen LogP contribution in [0.2, 0.25) is 0 Å². The molecule has 0 radical (unpaired) electrons. The first-order valence-electron chi connectivity index (χ1n) is 6.88. The van der Waals surface area contributed by atoms with E-state index in [1.807, 2.05) is 12.4 Å². The molecule has 0 fully saturated rings. The van der Waals surface area contributed by atoms with Gasteiger partial charge < -0.3 is 10.3 Å². The van der Waals surface area contributed by atoms with Crippen molar-refractivity contribution in [2.75, 3.05) is 0 Å². The van der Waals surface area contributed by atoms with Crippen molar-refractivity contribution >= 4 is 11.0 Å². The van der Waals surface area contributed by atoms with Crippen LogP contribution in [0.15, 0.2) is 42.7 Å². The van der Waals surface area contributed by atoms with Crippen molar-refractivity contribution in [1.82, 2.24) is 9.55 Å². The van der Waals surface area contributed by atoms with Gasteiger partial charge in [0.1, 0.15) is 0 Å². The van der Waals surface area contributed by atoms with E-state index in [0.29, 0.717) is 6.54 Å². The Bertz CT molecular complexity index is 756. The van der Waals surface area contributed by atoms with E-state index in [2.05, 4.69) is 53.7 Å². The van der Waals surface area contributed by atoms with Gasteiger partial charge in [0.05, 0.1) is 17.4 Å². The molecule has 0 bridgehead atoms. The van der Waals surface area contributed by atoms with Crippen molar-refractivity contribution in [2.45, 2.75) is 26.9 Å². The summed E-state index contributed by atoms with van der Waals surface area (Å²) in [6.45, 7) is 5.64. The van der Waals surface area contributed by atoms with Crippen molar-refractivity contribution < 1.29 is 0 Å². The molecule has 20 heavy (non-hydrogen) atoms. The molecule has 3 rings (SSSR count). The third kappa shape index (κ3) is 2.21. The monoisotopic (exact) mass is 265 g/mol. The third-order valence-corrected chi connectivity index (χ3v) is 3.92. The summed E-state index contributed by atoms with van der Waals surface area (Å²) in [5.74, 6) is 0. The zero-order chi connectivity index (χ0) is 14.1. The normalized spacial score (nSPS) is 11.2. The maximum absolute atomic E-state index is 5.81. The third-order valence-electron chi connectivity index (χ3n) is 3.92. The fraction of sp³-hybridized carbons (Fsp3) is 0.235. The number of imidazole rings is 1. The van der Waals surface area contributed by atoms with Crippen LogP contribution in [-0.2, 0) is 13.1 Å². The highest BCUT2D eigenvalue weighted by molar-refractivity contribution is 5.77. The lowest BCUT2D eigenvalue weighted by molar-refractivity contribution is 0.809. The Hall–Kier alpha value is -2.13. The molecule has 1 heterocycles. The minimum Gasteiger partial charge on any atom is -0.326 e. The average Bonchev–Trinajstić information content (AvgIpc) is 2.82. The Morgan fingerprint density at radius 1 is 1.05 bits per heavy atom. The van der Waals surface area contributed by atoms with E-state index in [1.165, 1.54) is 27.8 Å². The van der Waals surface area contributed by atoms with Crippen LogP contribution in [0.1, 0.15) is 22.3 Å². The Labute approximate surface area is 119 Å². The Kier molecular flexibility index (Phi) is 3.28. The highest BCUT2D eigenvalue weighted by Crippen LogP contribution is 2.20. The van der Waals surface area contributed by atoms with Gasteiger partial charge in [0, 0.05) is 13.1 Å². The van der Waals surface area contributed by atoms with E-state index in [1.54, 1.807) is 0 Å². The lowest BCUT2D eigenvalue weighted by Crippen LogP contribution is -2.05. The zero-order valence-corrected chi connectivity index (χ0v) is 11.9. The van der Waals surface area contributed by atoms with Crippen LogP contribution in [-0.4, -0.2) is 9.55 Å². The van der Waals surface area contributed by atoms with Gasteiger partial charge in [-0.15, -0.1) is 0 Å². The highest BCUT2D eigenvalue weighted by atomic mass is 15.0. The maximum Gasteiger partial charge on any atom is 0.0961 e. The van der Waals surface area contributed by atoms with Crippen molar-refractivity contribution in [2.24, 2.45) is 5.73 Å². The number of fused-ring (bicyclic) bond motifs is 1. The second-order valence-corrected chi connectivity index (χ2v) is 5.27. The Morgan fingerprint density at radius 3 is 2.50 bits per heavy atom. The number of hydrogen-bond acceptors (Lipinski definition) is 2. The second-order valence-electron chi connectivity index (χ2n) is 5.27. The molecule has 0 saturated carbocycles. The van der Waals surface area contributed by atoms with Crippen molar-refractivity contribution in [3.05, 3.63) is 65.0 Å². The Morgan fingerprint density at radius 2 is 1.75 bits per heavy atom. The number of hydrogen-bond donors (Lipinski definition) is 1. The first kappa shape index (κ1) is 12.9. The minimum absolute atomic E-state index is 0.570. The fourth-order valence-electron chi connectivity index (χ4n) is 2.53. The quantitative estimate of drug-likeness (QED) is 0.790. The number of rotatable bonds is 3. The number of nitrogens with two attached hydrogens (primary N) is 1. The number of aryl methyl sites for hydroxylation is 2. The van der Waals surface area contributed by atoms with Gasteiger partial charge in [-0.25, -0.2) is 4.98 Å². The van der Waals surface area contributed by atoms with Crippen LogP contribution in [0.4, 0.5) is 0 Å². The molecular formula is C17H19N3. The molecule has 2 aromatic carbocycles. The maximum atomic E-state index is 5.81. The molecule has 0 spiro atoms. The van der Waals surface area contributed by atoms with Gasteiger partial charge in [-0.2, -0.15) is 0 Å². The summed E-state index contributed by atoms with van der Waals surface area (Å²) in [5.41, 5.74) is 13.1. The van der Waals surface area contributed by atoms with E-state index in [0.717, 1.165) is 12.1 Å². The molecule has 0 aliphatic rings. The van der Waals surface area contributed by atoms with Crippen LogP contribution in [0, 0.1) is 13.8 Å². The van der Waals surface area contributed by atoms with E-state index >= 15 is 0 Å². The molecule has 0 saturated heterocycles. The summed E-state index contributed by atoms with van der Waals surface area (Å²) < 4.78 is 2.19. The molecule has 2 N–H and O–H groups in total. The molecular weight excluding hydrogens is 246 g/mol. The lowest BCUT2D eigenvalue weighted by Gasteiger charge is -2.10. The van der Waals surface area contributed by atoms with Gasteiger partial charge in [-0.1, -0.05) is 24.3 Å². The molecule has 0 aliphatic heterocycles.